The van der Waals surface area contributed by atoms with Gasteiger partial charge < -0.3 is 18.6 Å². The van der Waals surface area contributed by atoms with Gasteiger partial charge in [0.1, 0.15) is 11.2 Å². The van der Waals surface area contributed by atoms with Crippen molar-refractivity contribution < 1.29 is 8.83 Å². The number of hydrogen-bond acceptors (Lipinski definition) is 5. The second-order valence-corrected chi connectivity index (χ2v) is 20.6. The van der Waals surface area contributed by atoms with E-state index in [0.717, 1.165) is 88.8 Å². The predicted octanol–water partition coefficient (Wildman–Crippen LogP) is 20.0. The Morgan fingerprint density at radius 2 is 0.783 bits per heavy atom. The fourth-order valence-corrected chi connectivity index (χ4v) is 13.6. The van der Waals surface area contributed by atoms with Crippen molar-refractivity contribution in [2.45, 2.75) is 76.0 Å². The summed E-state index contributed by atoms with van der Waals surface area (Å²) in [6, 6.07) is 67.5. The molecule has 4 nitrogen and oxygen atoms in total. The van der Waals surface area contributed by atoms with Gasteiger partial charge in [0.25, 0.3) is 0 Å². The van der Waals surface area contributed by atoms with Crippen molar-refractivity contribution in [1.82, 2.24) is 0 Å². The molecule has 12 aromatic rings. The highest BCUT2D eigenvalue weighted by Crippen LogP contribution is 2.57. The van der Waals surface area contributed by atoms with Crippen molar-refractivity contribution in [2.75, 3.05) is 9.80 Å². The molecule has 3 heterocycles. The minimum atomic E-state index is 0.603. The minimum Gasteiger partial charge on any atom is -0.454 e. The summed E-state index contributed by atoms with van der Waals surface area (Å²) < 4.78 is 16.4. The number of hydrogen-bond donors (Lipinski definition) is 0. The van der Waals surface area contributed by atoms with E-state index in [1.54, 1.807) is 0 Å². The first-order valence-electron chi connectivity index (χ1n) is 25.2. The molecule has 3 aromatic heterocycles. The highest BCUT2D eigenvalue weighted by Gasteiger charge is 2.31. The summed E-state index contributed by atoms with van der Waals surface area (Å²) in [6.07, 6.45) is 13.0. The second kappa shape index (κ2) is 16.7. The number of fused-ring (bicyclic) bond motifs is 10. The van der Waals surface area contributed by atoms with Crippen molar-refractivity contribution in [3.63, 3.8) is 0 Å². The maximum Gasteiger partial charge on any atom is 0.159 e. The van der Waals surface area contributed by atoms with Crippen LogP contribution in [-0.2, 0) is 0 Å². The number of nitrogens with zero attached hydrogens (tertiary/aromatic N) is 2. The third-order valence-electron chi connectivity index (χ3n) is 15.6. The van der Waals surface area contributed by atoms with Crippen LogP contribution in [0.1, 0.15) is 87.2 Å². The van der Waals surface area contributed by atoms with Crippen LogP contribution in [0.4, 0.5) is 34.1 Å². The summed E-state index contributed by atoms with van der Waals surface area (Å²) in [5.41, 5.74) is 13.0. The third-order valence-corrected chi connectivity index (χ3v) is 16.8. The normalized spacial score (nSPS) is 15.1. The van der Waals surface area contributed by atoms with Crippen LogP contribution in [0, 0.1) is 0 Å². The molecule has 2 saturated carbocycles. The van der Waals surface area contributed by atoms with Gasteiger partial charge in [0, 0.05) is 59.2 Å². The molecule has 2 fully saturated rings. The van der Waals surface area contributed by atoms with Gasteiger partial charge in [-0.3, -0.25) is 0 Å². The van der Waals surface area contributed by atoms with E-state index in [1.165, 1.54) is 95.5 Å². The van der Waals surface area contributed by atoms with Gasteiger partial charge in [0.15, 0.2) is 11.2 Å². The van der Waals surface area contributed by atoms with E-state index in [2.05, 4.69) is 192 Å². The Balaban J connectivity index is 1.08. The average Bonchev–Trinajstić information content (AvgIpc) is 4.13. The highest BCUT2D eigenvalue weighted by atomic mass is 32.1. The lowest BCUT2D eigenvalue weighted by atomic mass is 9.84. The molecule has 0 saturated heterocycles. The molecular formula is C64H52N2O2S. The summed E-state index contributed by atoms with van der Waals surface area (Å²) in [6.45, 7) is 0. The molecule has 0 N–H and O–H groups in total. The standard InChI is InChI=1S/C64H52N2O2S/c1-3-17-41(18-4-1)43-33-37-45(38-34-43)65(54-28-15-26-51-47-21-9-12-30-56(47)67-62(51)54)60-49-23-7-8-24-50(49)61(64-59(60)53-25-11-14-32-58(53)69-64)66(46-39-35-44(36-40-46)42-19-5-2-6-20-42)55-29-16-27-52-48-22-10-13-31-57(48)68-63(52)55/h7-16,21-42H,1-6,17-20H2. The van der Waals surface area contributed by atoms with Crippen LogP contribution in [0.15, 0.2) is 191 Å². The number of para-hydroxylation sites is 4. The van der Waals surface area contributed by atoms with E-state index in [9.17, 15) is 0 Å². The van der Waals surface area contributed by atoms with E-state index in [1.807, 2.05) is 11.3 Å². The Hall–Kier alpha value is -7.34. The number of thiophene rings is 1. The molecule has 0 amide bonds. The van der Waals surface area contributed by atoms with Crippen molar-refractivity contribution in [2.24, 2.45) is 0 Å². The van der Waals surface area contributed by atoms with Crippen LogP contribution in [0.3, 0.4) is 0 Å². The molecule has 2 aliphatic rings. The Bertz CT molecular complexity index is 3880. The van der Waals surface area contributed by atoms with Gasteiger partial charge >= 0.3 is 0 Å². The molecule has 0 aliphatic heterocycles. The van der Waals surface area contributed by atoms with Crippen LogP contribution in [0.25, 0.3) is 74.8 Å². The Kier molecular flexibility index (Phi) is 9.86. The average molecular weight is 913 g/mol. The van der Waals surface area contributed by atoms with Crippen LogP contribution in [-0.4, -0.2) is 0 Å². The number of rotatable bonds is 8. The van der Waals surface area contributed by atoms with Crippen LogP contribution in [0.2, 0.25) is 0 Å². The molecule has 5 heteroatoms. The van der Waals surface area contributed by atoms with E-state index in [-0.39, 0.29) is 0 Å². The first kappa shape index (κ1) is 40.7. The minimum absolute atomic E-state index is 0.603. The maximum atomic E-state index is 6.96. The quantitative estimate of drug-likeness (QED) is 0.142. The van der Waals surface area contributed by atoms with Gasteiger partial charge in [-0.15, -0.1) is 11.3 Å². The summed E-state index contributed by atoms with van der Waals surface area (Å²) in [5, 5.41) is 9.25. The molecule has 0 bridgehead atoms. The van der Waals surface area contributed by atoms with Gasteiger partial charge in [0.05, 0.1) is 27.4 Å². The second-order valence-electron chi connectivity index (χ2n) is 19.6. The Morgan fingerprint density at radius 3 is 1.30 bits per heavy atom. The highest BCUT2D eigenvalue weighted by molar-refractivity contribution is 7.26. The fourth-order valence-electron chi connectivity index (χ4n) is 12.3. The van der Waals surface area contributed by atoms with Gasteiger partial charge in [-0.25, -0.2) is 0 Å². The smallest absolute Gasteiger partial charge is 0.159 e. The molecule has 69 heavy (non-hydrogen) atoms. The number of anilines is 6. The monoisotopic (exact) mass is 912 g/mol. The zero-order valence-electron chi connectivity index (χ0n) is 38.7. The summed E-state index contributed by atoms with van der Waals surface area (Å²) in [7, 11) is 0. The Labute approximate surface area is 406 Å². The van der Waals surface area contributed by atoms with Crippen molar-refractivity contribution >= 4 is 120 Å². The summed E-state index contributed by atoms with van der Waals surface area (Å²) in [4.78, 5) is 5.04. The van der Waals surface area contributed by atoms with E-state index >= 15 is 0 Å². The molecule has 336 valence electrons. The zero-order valence-corrected chi connectivity index (χ0v) is 39.5. The van der Waals surface area contributed by atoms with Gasteiger partial charge in [-0.05, 0) is 103 Å². The maximum absolute atomic E-state index is 6.96. The van der Waals surface area contributed by atoms with Crippen molar-refractivity contribution in [3.8, 4) is 0 Å². The summed E-state index contributed by atoms with van der Waals surface area (Å²) in [5.74, 6) is 1.21. The lowest BCUT2D eigenvalue weighted by Crippen LogP contribution is -2.15. The van der Waals surface area contributed by atoms with Crippen molar-refractivity contribution in [1.29, 1.82) is 0 Å². The van der Waals surface area contributed by atoms with Gasteiger partial charge in [0.2, 0.25) is 0 Å². The van der Waals surface area contributed by atoms with Gasteiger partial charge in [-0.1, -0.05) is 166 Å². The molecule has 0 spiro atoms. The van der Waals surface area contributed by atoms with E-state index in [4.69, 9.17) is 8.83 Å². The summed E-state index contributed by atoms with van der Waals surface area (Å²) >= 11 is 1.89. The molecular weight excluding hydrogens is 861 g/mol. The zero-order chi connectivity index (χ0) is 45.4. The van der Waals surface area contributed by atoms with E-state index in [0.29, 0.717) is 11.8 Å². The van der Waals surface area contributed by atoms with Gasteiger partial charge in [-0.2, -0.15) is 0 Å². The lowest BCUT2D eigenvalue weighted by molar-refractivity contribution is 0.443. The first-order chi connectivity index (χ1) is 34.2. The predicted molar refractivity (Wildman–Crippen MR) is 292 cm³/mol. The number of benzene rings is 9. The van der Waals surface area contributed by atoms with Crippen molar-refractivity contribution in [3.05, 3.63) is 193 Å². The first-order valence-corrected chi connectivity index (χ1v) is 26.0. The SMILES string of the molecule is c1ccc2c(c1)oc1c(N(c3ccc(C4CCCCC4)cc3)c3c4ccccc4c(N(c4ccc(C5CCCCC5)cc4)c4cccc5c4oc4ccccc45)c4c3sc3ccccc34)cccc12. The lowest BCUT2D eigenvalue weighted by Gasteiger charge is -2.32. The topological polar surface area (TPSA) is 32.8 Å². The fraction of sp³-hybridized carbons (Fsp3) is 0.188. The largest absolute Gasteiger partial charge is 0.454 e. The van der Waals surface area contributed by atoms with Crippen LogP contribution < -0.4 is 9.80 Å². The Morgan fingerprint density at radius 1 is 0.362 bits per heavy atom. The number of furan rings is 2. The molecule has 0 unspecified atom stereocenters. The molecule has 14 rings (SSSR count). The molecule has 9 aromatic carbocycles. The third kappa shape index (κ3) is 6.69. The van der Waals surface area contributed by atoms with Crippen LogP contribution >= 0.6 is 11.3 Å². The molecule has 0 atom stereocenters. The molecule has 0 radical (unpaired) electrons. The van der Waals surface area contributed by atoms with Crippen LogP contribution in [0.5, 0.6) is 0 Å². The van der Waals surface area contributed by atoms with E-state index < -0.39 is 0 Å². The molecule has 2 aliphatic carbocycles.